The van der Waals surface area contributed by atoms with E-state index in [1.165, 1.54) is 21.3 Å². The van der Waals surface area contributed by atoms with E-state index in [2.05, 4.69) is 0 Å². The zero-order chi connectivity index (χ0) is 24.1. The first-order chi connectivity index (χ1) is 16.6. The predicted molar refractivity (Wildman–Crippen MR) is 131 cm³/mol. The molecule has 0 aliphatic heterocycles. The summed E-state index contributed by atoms with van der Waals surface area (Å²) in [4.78, 5) is 13.9. The van der Waals surface area contributed by atoms with Crippen LogP contribution in [0.1, 0.15) is 21.5 Å². The maximum absolute atomic E-state index is 13.9. The molecule has 0 saturated heterocycles. The molecule has 6 nitrogen and oxygen atoms in total. The van der Waals surface area contributed by atoms with Gasteiger partial charge < -0.3 is 23.7 Å². The molecule has 0 fully saturated rings. The molecule has 0 aliphatic carbocycles. The summed E-state index contributed by atoms with van der Waals surface area (Å²) in [7, 11) is 6.17. The fourth-order valence-corrected chi connectivity index (χ4v) is 3.86. The molecule has 174 valence electrons. The van der Waals surface area contributed by atoms with Crippen LogP contribution in [0.3, 0.4) is 0 Å². The highest BCUT2D eigenvalue weighted by molar-refractivity contribution is 6.18. The first-order valence-electron chi connectivity index (χ1n) is 10.7. The van der Waals surface area contributed by atoms with E-state index in [1.807, 2.05) is 60.7 Å². The lowest BCUT2D eigenvalue weighted by molar-refractivity contribution is 0.103. The smallest absolute Gasteiger partial charge is 0.203 e. The molecular weight excluding hydrogens is 432 g/mol. The van der Waals surface area contributed by atoms with Crippen molar-refractivity contribution in [3.8, 4) is 28.7 Å². The van der Waals surface area contributed by atoms with Gasteiger partial charge in [-0.15, -0.1) is 0 Å². The van der Waals surface area contributed by atoms with E-state index in [1.54, 1.807) is 19.2 Å². The monoisotopic (exact) mass is 458 g/mol. The second kappa shape index (κ2) is 10.2. The van der Waals surface area contributed by atoms with Crippen LogP contribution in [0.5, 0.6) is 28.7 Å². The SMILES string of the molecule is COc1ccc2c(C(=O)c3cc(OC)c(OC)c(OC)c3)c(OCc3ccccc3)ccc2c1. The minimum atomic E-state index is -0.224. The van der Waals surface area contributed by atoms with Crippen LogP contribution in [0, 0.1) is 0 Å². The number of ether oxygens (including phenoxy) is 5. The second-order valence-corrected chi connectivity index (χ2v) is 7.54. The number of hydrogen-bond donors (Lipinski definition) is 0. The van der Waals surface area contributed by atoms with Gasteiger partial charge in [-0.05, 0) is 52.7 Å². The normalized spacial score (nSPS) is 10.6. The molecule has 0 bridgehead atoms. The van der Waals surface area contributed by atoms with Crippen molar-refractivity contribution in [3.63, 3.8) is 0 Å². The molecule has 0 N–H and O–H groups in total. The van der Waals surface area contributed by atoms with Crippen molar-refractivity contribution in [2.45, 2.75) is 6.61 Å². The standard InChI is InChI=1S/C28H26O6/c1-30-21-11-12-22-19(14-21)10-13-23(34-17-18-8-6-5-7-9-18)26(22)27(29)20-15-24(31-2)28(33-4)25(16-20)32-3/h5-16H,17H2,1-4H3. The fraction of sp³-hybridized carbons (Fsp3) is 0.179. The van der Waals surface area contributed by atoms with Crippen molar-refractivity contribution in [2.75, 3.05) is 28.4 Å². The van der Waals surface area contributed by atoms with Gasteiger partial charge in [-0.1, -0.05) is 36.4 Å². The highest BCUT2D eigenvalue weighted by Gasteiger charge is 2.23. The van der Waals surface area contributed by atoms with Crippen LogP contribution in [0.15, 0.2) is 72.8 Å². The Morgan fingerprint density at radius 1 is 0.706 bits per heavy atom. The summed E-state index contributed by atoms with van der Waals surface area (Å²) < 4.78 is 27.8. The van der Waals surface area contributed by atoms with Crippen molar-refractivity contribution in [3.05, 3.63) is 89.5 Å². The highest BCUT2D eigenvalue weighted by Crippen LogP contribution is 2.40. The topological polar surface area (TPSA) is 63.2 Å². The minimum Gasteiger partial charge on any atom is -0.497 e. The molecule has 4 aromatic rings. The summed E-state index contributed by atoms with van der Waals surface area (Å²) in [5.74, 6) is 2.19. The van der Waals surface area contributed by atoms with E-state index in [0.29, 0.717) is 46.5 Å². The molecule has 0 spiro atoms. The number of fused-ring (bicyclic) bond motifs is 1. The molecule has 4 aromatic carbocycles. The third kappa shape index (κ3) is 4.48. The molecule has 6 heteroatoms. The summed E-state index contributed by atoms with van der Waals surface area (Å²) in [6.07, 6.45) is 0. The van der Waals surface area contributed by atoms with E-state index in [4.69, 9.17) is 23.7 Å². The Morgan fingerprint density at radius 3 is 2.03 bits per heavy atom. The third-order valence-corrected chi connectivity index (χ3v) is 5.58. The predicted octanol–water partition coefficient (Wildman–Crippen LogP) is 5.68. The molecule has 4 rings (SSSR count). The Bertz CT molecular complexity index is 1290. The minimum absolute atomic E-state index is 0.224. The van der Waals surface area contributed by atoms with Gasteiger partial charge in [0.15, 0.2) is 17.3 Å². The van der Waals surface area contributed by atoms with Gasteiger partial charge in [-0.2, -0.15) is 0 Å². The van der Waals surface area contributed by atoms with Crippen molar-refractivity contribution in [2.24, 2.45) is 0 Å². The molecule has 0 atom stereocenters. The summed E-state index contributed by atoms with van der Waals surface area (Å²) in [6.45, 7) is 0.331. The van der Waals surface area contributed by atoms with Gasteiger partial charge in [-0.3, -0.25) is 4.79 Å². The number of hydrogen-bond acceptors (Lipinski definition) is 6. The number of carbonyl (C=O) groups is 1. The molecule has 0 heterocycles. The van der Waals surface area contributed by atoms with Crippen molar-refractivity contribution in [1.29, 1.82) is 0 Å². The zero-order valence-corrected chi connectivity index (χ0v) is 19.6. The van der Waals surface area contributed by atoms with E-state index in [-0.39, 0.29) is 5.78 Å². The molecule has 0 unspecified atom stereocenters. The van der Waals surface area contributed by atoms with Crippen LogP contribution >= 0.6 is 0 Å². The molecular formula is C28H26O6. The van der Waals surface area contributed by atoms with Crippen molar-refractivity contribution in [1.82, 2.24) is 0 Å². The fourth-order valence-electron chi connectivity index (χ4n) is 3.86. The maximum atomic E-state index is 13.9. The summed E-state index contributed by atoms with van der Waals surface area (Å²) >= 11 is 0. The number of benzene rings is 4. The van der Waals surface area contributed by atoms with Crippen LogP contribution in [0.25, 0.3) is 10.8 Å². The lowest BCUT2D eigenvalue weighted by Gasteiger charge is -2.17. The van der Waals surface area contributed by atoms with Gasteiger partial charge in [0.25, 0.3) is 0 Å². The van der Waals surface area contributed by atoms with E-state index < -0.39 is 0 Å². The Labute approximate surface area is 198 Å². The lowest BCUT2D eigenvalue weighted by Crippen LogP contribution is -2.08. The summed E-state index contributed by atoms with van der Waals surface area (Å²) in [5.41, 5.74) is 1.84. The number of ketones is 1. The van der Waals surface area contributed by atoms with Crippen LogP contribution in [-0.2, 0) is 6.61 Å². The summed E-state index contributed by atoms with van der Waals surface area (Å²) in [5, 5.41) is 1.62. The average molecular weight is 459 g/mol. The van der Waals surface area contributed by atoms with Gasteiger partial charge in [0, 0.05) is 5.56 Å². The van der Waals surface area contributed by atoms with Crippen LogP contribution in [-0.4, -0.2) is 34.2 Å². The molecule has 0 aromatic heterocycles. The van der Waals surface area contributed by atoms with Crippen LogP contribution in [0.4, 0.5) is 0 Å². The maximum Gasteiger partial charge on any atom is 0.203 e. The molecule has 0 amide bonds. The van der Waals surface area contributed by atoms with Gasteiger partial charge in [0.1, 0.15) is 18.1 Å². The second-order valence-electron chi connectivity index (χ2n) is 7.54. The molecule has 34 heavy (non-hydrogen) atoms. The Kier molecular flexibility index (Phi) is 6.87. The van der Waals surface area contributed by atoms with Gasteiger partial charge in [-0.25, -0.2) is 0 Å². The van der Waals surface area contributed by atoms with Gasteiger partial charge in [0.05, 0.1) is 34.0 Å². The van der Waals surface area contributed by atoms with Crippen LogP contribution < -0.4 is 23.7 Å². The average Bonchev–Trinajstić information content (AvgIpc) is 2.90. The van der Waals surface area contributed by atoms with Crippen molar-refractivity contribution >= 4 is 16.6 Å². The highest BCUT2D eigenvalue weighted by atomic mass is 16.5. The Morgan fingerprint density at radius 2 is 1.41 bits per heavy atom. The molecule has 0 saturated carbocycles. The van der Waals surface area contributed by atoms with Gasteiger partial charge >= 0.3 is 0 Å². The first-order valence-corrected chi connectivity index (χ1v) is 10.7. The van der Waals surface area contributed by atoms with Gasteiger partial charge in [0.2, 0.25) is 5.75 Å². The van der Waals surface area contributed by atoms with E-state index >= 15 is 0 Å². The van der Waals surface area contributed by atoms with Crippen molar-refractivity contribution < 1.29 is 28.5 Å². The third-order valence-electron chi connectivity index (χ3n) is 5.58. The van der Waals surface area contributed by atoms with E-state index in [9.17, 15) is 4.79 Å². The molecule has 0 radical (unpaired) electrons. The van der Waals surface area contributed by atoms with E-state index in [0.717, 1.165) is 16.3 Å². The number of carbonyl (C=O) groups excluding carboxylic acids is 1. The largest absolute Gasteiger partial charge is 0.497 e. The van der Waals surface area contributed by atoms with Crippen LogP contribution in [0.2, 0.25) is 0 Å². The lowest BCUT2D eigenvalue weighted by atomic mass is 9.95. The zero-order valence-electron chi connectivity index (χ0n) is 19.6. The number of rotatable bonds is 9. The Balaban J connectivity index is 1.85. The molecule has 0 aliphatic rings. The summed E-state index contributed by atoms with van der Waals surface area (Å²) in [6, 6.07) is 22.4. The number of methoxy groups -OCH3 is 4. The first kappa shape index (κ1) is 23.0. The quantitative estimate of drug-likeness (QED) is 0.301. The Hall–Kier alpha value is -4.19.